The first-order valence-electron chi connectivity index (χ1n) is 11.4. The quantitative estimate of drug-likeness (QED) is 0.521. The topological polar surface area (TPSA) is 55.8 Å². The predicted molar refractivity (Wildman–Crippen MR) is 108 cm³/mol. The van der Waals surface area contributed by atoms with E-state index in [1.807, 2.05) is 4.90 Å². The molecular formula is C24H30FNO4. The molecule has 0 radical (unpaired) electrons. The summed E-state index contributed by atoms with van der Waals surface area (Å²) in [6, 6.07) is 5.28. The molecule has 4 saturated carbocycles. The number of likely N-dealkylation sites (tertiary alicyclic amines) is 1. The molecule has 0 unspecified atom stereocenters. The zero-order chi connectivity index (χ0) is 20.7. The van der Waals surface area contributed by atoms with Crippen LogP contribution in [0.4, 0.5) is 4.39 Å². The molecule has 5 aliphatic rings. The molecule has 162 valence electrons. The van der Waals surface area contributed by atoms with Gasteiger partial charge < -0.3 is 14.4 Å². The number of nitrogens with zero attached hydrogens (tertiary/aromatic N) is 1. The molecule has 6 heteroatoms. The van der Waals surface area contributed by atoms with Gasteiger partial charge in [0.05, 0.1) is 5.41 Å². The number of ether oxygens (including phenoxy) is 2. The highest BCUT2D eigenvalue weighted by molar-refractivity contribution is 5.89. The summed E-state index contributed by atoms with van der Waals surface area (Å²) >= 11 is 0. The predicted octanol–water partition coefficient (Wildman–Crippen LogP) is 3.96. The molecule has 1 heterocycles. The van der Waals surface area contributed by atoms with Gasteiger partial charge in [-0.05, 0) is 93.4 Å². The molecule has 1 aliphatic heterocycles. The summed E-state index contributed by atoms with van der Waals surface area (Å²) in [5, 5.41) is 0. The maximum Gasteiger partial charge on any atom is 0.328 e. The van der Waals surface area contributed by atoms with Crippen LogP contribution >= 0.6 is 0 Å². The van der Waals surface area contributed by atoms with Gasteiger partial charge in [0, 0.05) is 6.54 Å². The van der Waals surface area contributed by atoms with Crippen LogP contribution in [0, 0.1) is 29.0 Å². The van der Waals surface area contributed by atoms with Gasteiger partial charge in [-0.25, -0.2) is 9.18 Å². The molecule has 1 amide bonds. The standard InChI is InChI=1S/C24H30FNO4/c25-19-3-5-20(6-4-19)29-8-9-30-22(27)21-2-1-7-26(21)23(28)24-13-16-10-17(14-24)12-18(11-16)15-24/h3-6,16-18,21H,1-2,7-15H2/t16?,17?,18?,21-,24?/m1/s1. The van der Waals surface area contributed by atoms with Gasteiger partial charge in [-0.2, -0.15) is 0 Å². The van der Waals surface area contributed by atoms with E-state index >= 15 is 0 Å². The highest BCUT2D eigenvalue weighted by Gasteiger charge is 2.56. The first kappa shape index (κ1) is 19.8. The van der Waals surface area contributed by atoms with Gasteiger partial charge in [-0.1, -0.05) is 0 Å². The van der Waals surface area contributed by atoms with E-state index in [0.717, 1.165) is 25.7 Å². The van der Waals surface area contributed by atoms with Crippen molar-refractivity contribution < 1.29 is 23.5 Å². The Kier molecular flexibility index (Phi) is 5.19. The Balaban J connectivity index is 1.16. The number of amides is 1. The highest BCUT2D eigenvalue weighted by atomic mass is 19.1. The minimum atomic E-state index is -0.462. The fourth-order valence-electron chi connectivity index (χ4n) is 6.86. The summed E-state index contributed by atoms with van der Waals surface area (Å²) in [5.41, 5.74) is -0.219. The summed E-state index contributed by atoms with van der Waals surface area (Å²) in [6.07, 6.45) is 8.47. The molecule has 4 aliphatic carbocycles. The van der Waals surface area contributed by atoms with E-state index < -0.39 is 6.04 Å². The largest absolute Gasteiger partial charge is 0.490 e. The second-order valence-electron chi connectivity index (χ2n) is 9.82. The lowest BCUT2D eigenvalue weighted by molar-refractivity contribution is -0.165. The van der Waals surface area contributed by atoms with Crippen LogP contribution in [0.3, 0.4) is 0 Å². The average Bonchev–Trinajstić information content (AvgIpc) is 3.20. The molecule has 0 aromatic heterocycles. The van der Waals surface area contributed by atoms with Gasteiger partial charge in [0.2, 0.25) is 5.91 Å². The molecule has 1 aromatic carbocycles. The van der Waals surface area contributed by atoms with Crippen LogP contribution in [0.15, 0.2) is 24.3 Å². The molecule has 5 nitrogen and oxygen atoms in total. The van der Waals surface area contributed by atoms with Gasteiger partial charge in [-0.3, -0.25) is 4.79 Å². The zero-order valence-corrected chi connectivity index (χ0v) is 17.4. The summed E-state index contributed by atoms with van der Waals surface area (Å²) in [6.45, 7) is 0.978. The van der Waals surface area contributed by atoms with Crippen molar-refractivity contribution in [1.29, 1.82) is 0 Å². The van der Waals surface area contributed by atoms with Crippen LogP contribution in [0.25, 0.3) is 0 Å². The minimum absolute atomic E-state index is 0.117. The number of halogens is 1. The number of hydrogen-bond donors (Lipinski definition) is 0. The molecule has 6 rings (SSSR count). The number of esters is 1. The summed E-state index contributed by atoms with van der Waals surface area (Å²) in [5.74, 6) is 2.22. The Morgan fingerprint density at radius 2 is 1.63 bits per heavy atom. The molecule has 4 bridgehead atoms. The number of hydrogen-bond acceptors (Lipinski definition) is 4. The molecule has 5 fully saturated rings. The zero-order valence-electron chi connectivity index (χ0n) is 17.4. The van der Waals surface area contributed by atoms with Crippen molar-refractivity contribution in [3.63, 3.8) is 0 Å². The maximum absolute atomic E-state index is 13.6. The SMILES string of the molecule is O=C(OCCOc1ccc(F)cc1)[C@H]1CCCN1C(=O)C12CC3CC(CC(C3)C1)C2. The minimum Gasteiger partial charge on any atom is -0.490 e. The number of carbonyl (C=O) groups is 2. The van der Waals surface area contributed by atoms with Crippen molar-refractivity contribution >= 4 is 11.9 Å². The average molecular weight is 416 g/mol. The van der Waals surface area contributed by atoms with Crippen molar-refractivity contribution in [2.75, 3.05) is 19.8 Å². The Bertz CT molecular complexity index is 773. The smallest absolute Gasteiger partial charge is 0.328 e. The van der Waals surface area contributed by atoms with Gasteiger partial charge in [-0.15, -0.1) is 0 Å². The molecule has 30 heavy (non-hydrogen) atoms. The molecular weight excluding hydrogens is 385 g/mol. The second-order valence-corrected chi connectivity index (χ2v) is 9.82. The third-order valence-corrected chi connectivity index (χ3v) is 7.69. The van der Waals surface area contributed by atoms with E-state index in [2.05, 4.69) is 0 Å². The molecule has 1 saturated heterocycles. The number of carbonyl (C=O) groups excluding carboxylic acids is 2. The first-order chi connectivity index (χ1) is 14.5. The van der Waals surface area contributed by atoms with Crippen LogP contribution in [-0.4, -0.2) is 42.6 Å². The van der Waals surface area contributed by atoms with E-state index in [1.54, 1.807) is 12.1 Å². The van der Waals surface area contributed by atoms with E-state index in [0.29, 0.717) is 36.5 Å². The third kappa shape index (κ3) is 3.69. The van der Waals surface area contributed by atoms with Crippen LogP contribution in [0.5, 0.6) is 5.75 Å². The first-order valence-corrected chi connectivity index (χ1v) is 11.4. The fourth-order valence-corrected chi connectivity index (χ4v) is 6.86. The van der Waals surface area contributed by atoms with E-state index in [-0.39, 0.29) is 36.3 Å². The van der Waals surface area contributed by atoms with Crippen LogP contribution in [0.2, 0.25) is 0 Å². The summed E-state index contributed by atoms with van der Waals surface area (Å²) < 4.78 is 23.9. The summed E-state index contributed by atoms with van der Waals surface area (Å²) in [4.78, 5) is 28.2. The van der Waals surface area contributed by atoms with E-state index in [9.17, 15) is 14.0 Å². The second kappa shape index (κ2) is 7.86. The van der Waals surface area contributed by atoms with Crippen LogP contribution < -0.4 is 4.74 Å². The van der Waals surface area contributed by atoms with Gasteiger partial charge >= 0.3 is 5.97 Å². The molecule has 1 atom stereocenters. The lowest BCUT2D eigenvalue weighted by Gasteiger charge is -2.56. The van der Waals surface area contributed by atoms with Crippen LogP contribution in [0.1, 0.15) is 51.4 Å². The lowest BCUT2D eigenvalue weighted by atomic mass is 9.49. The Labute approximate surface area is 176 Å². The van der Waals surface area contributed by atoms with Crippen molar-refractivity contribution in [3.05, 3.63) is 30.1 Å². The van der Waals surface area contributed by atoms with Gasteiger partial charge in [0.1, 0.15) is 30.8 Å². The van der Waals surface area contributed by atoms with Gasteiger partial charge in [0.15, 0.2) is 0 Å². The van der Waals surface area contributed by atoms with E-state index in [1.165, 1.54) is 31.4 Å². The maximum atomic E-state index is 13.6. The Hall–Kier alpha value is -2.11. The summed E-state index contributed by atoms with van der Waals surface area (Å²) in [7, 11) is 0. The van der Waals surface area contributed by atoms with E-state index in [4.69, 9.17) is 9.47 Å². The normalized spacial score (nSPS) is 34.2. The third-order valence-electron chi connectivity index (χ3n) is 7.69. The number of rotatable bonds is 6. The lowest BCUT2D eigenvalue weighted by Crippen LogP contribution is -2.56. The van der Waals surface area contributed by atoms with Crippen molar-refractivity contribution in [1.82, 2.24) is 4.90 Å². The van der Waals surface area contributed by atoms with Crippen LogP contribution in [-0.2, 0) is 14.3 Å². The van der Waals surface area contributed by atoms with Crippen molar-refractivity contribution in [3.8, 4) is 5.75 Å². The Morgan fingerprint density at radius 1 is 1.00 bits per heavy atom. The number of benzene rings is 1. The highest BCUT2D eigenvalue weighted by Crippen LogP contribution is 2.60. The molecule has 0 spiro atoms. The van der Waals surface area contributed by atoms with Gasteiger partial charge in [0.25, 0.3) is 0 Å². The molecule has 0 N–H and O–H groups in total. The molecule has 1 aromatic rings. The monoisotopic (exact) mass is 415 g/mol. The van der Waals surface area contributed by atoms with Crippen molar-refractivity contribution in [2.24, 2.45) is 23.2 Å². The Morgan fingerprint density at radius 3 is 2.27 bits per heavy atom. The van der Waals surface area contributed by atoms with Crippen molar-refractivity contribution in [2.45, 2.75) is 57.4 Å². The fraction of sp³-hybridized carbons (Fsp3) is 0.667.